The number of carboxylic acid groups (broad SMARTS) is 1. The second-order valence-electron chi connectivity index (χ2n) is 2.50. The Hall–Kier alpha value is 0.470. The van der Waals surface area contributed by atoms with Crippen molar-refractivity contribution in [2.75, 3.05) is 26.4 Å². The highest BCUT2D eigenvalue weighted by Gasteiger charge is 2.27. The first kappa shape index (κ1) is 30.0. The first-order chi connectivity index (χ1) is 5.60. The fraction of sp³-hybridized carbons (Fsp3) is 0.833. The predicted octanol–water partition coefficient (Wildman–Crippen LogP) is -0.937. The zero-order valence-electron chi connectivity index (χ0n) is 8.16. The summed E-state index contributed by atoms with van der Waals surface area (Å²) >= 11 is 0. The second kappa shape index (κ2) is 15.5. The Bertz CT molecular complexity index is 150. The summed E-state index contributed by atoms with van der Waals surface area (Å²) in [7, 11) is 0. The molecule has 0 radical (unpaired) electrons. The van der Waals surface area contributed by atoms with Gasteiger partial charge in [-0.1, -0.05) is 0 Å². The second-order valence-corrected chi connectivity index (χ2v) is 2.50. The summed E-state index contributed by atoms with van der Waals surface area (Å²) in [6.45, 7) is -1.98. The number of aliphatic hydroxyl groups is 3. The van der Waals surface area contributed by atoms with E-state index >= 15 is 0 Å². The topological polar surface area (TPSA) is 110 Å². The molecule has 0 saturated carbocycles. The largest absolute Gasteiger partial charge is 0.480 e. The van der Waals surface area contributed by atoms with Crippen molar-refractivity contribution in [1.82, 2.24) is 5.32 Å². The molecule has 0 amide bonds. The quantitative estimate of drug-likeness (QED) is 0.431. The Kier molecular flexibility index (Phi) is 29.0. The molecule has 0 aliphatic heterocycles. The zero-order valence-corrected chi connectivity index (χ0v) is 11.4. The fourth-order valence-corrected chi connectivity index (χ4v) is 0.581. The van der Waals surface area contributed by atoms with E-state index in [4.69, 9.17) is 20.4 Å². The molecule has 0 fully saturated rings. The van der Waals surface area contributed by atoms with Crippen LogP contribution in [0.4, 0.5) is 0 Å². The number of aliphatic carboxylic acids is 1. The van der Waals surface area contributed by atoms with Crippen LogP contribution in [-0.4, -0.2) is 58.3 Å². The number of rotatable bonds is 6. The van der Waals surface area contributed by atoms with Gasteiger partial charge in [-0.25, -0.2) is 0 Å². The number of nitrogens with one attached hydrogen (secondary N) is 1. The van der Waals surface area contributed by atoms with Gasteiger partial charge >= 0.3 is 5.97 Å². The van der Waals surface area contributed by atoms with Crippen molar-refractivity contribution in [1.29, 1.82) is 0 Å². The van der Waals surface area contributed by atoms with Crippen LogP contribution in [0, 0.1) is 0 Å². The molecule has 104 valence electrons. The van der Waals surface area contributed by atoms with E-state index in [1.54, 1.807) is 0 Å². The molecule has 0 heterocycles. The van der Waals surface area contributed by atoms with Crippen LogP contribution in [-0.2, 0) is 4.79 Å². The van der Waals surface area contributed by atoms with Gasteiger partial charge in [0.05, 0.1) is 31.9 Å². The van der Waals surface area contributed by atoms with Crippen LogP contribution in [0.1, 0.15) is 0 Å². The normalized spacial score (nSPS) is 8.69. The highest BCUT2D eigenvalue weighted by Crippen LogP contribution is 1.99. The summed E-state index contributed by atoms with van der Waals surface area (Å²) in [4.78, 5) is 10.1. The van der Waals surface area contributed by atoms with Crippen molar-refractivity contribution >= 4 is 55.6 Å². The molecular formula is C6H17Cl4NO5. The van der Waals surface area contributed by atoms with E-state index in [1.807, 2.05) is 0 Å². The van der Waals surface area contributed by atoms with Gasteiger partial charge in [0.2, 0.25) is 0 Å². The third kappa shape index (κ3) is 11.0. The molecule has 0 aliphatic carbocycles. The van der Waals surface area contributed by atoms with Crippen LogP contribution < -0.4 is 5.32 Å². The number of carbonyl (C=O) groups is 1. The Balaban J connectivity index is -0.000000101. The predicted molar refractivity (Wildman–Crippen MR) is 68.6 cm³/mol. The molecule has 0 aromatic carbocycles. The minimum Gasteiger partial charge on any atom is -0.480 e. The maximum absolute atomic E-state index is 10.1. The van der Waals surface area contributed by atoms with E-state index in [1.165, 1.54) is 0 Å². The molecule has 0 saturated heterocycles. The standard InChI is InChI=1S/C6H13NO5.4ClH/c8-2-6(3-9,4-10)7-1-5(11)12;;;;/h7-10H,1-4H2,(H,11,12);4*1H. The number of hydrogen-bond donors (Lipinski definition) is 5. The van der Waals surface area contributed by atoms with E-state index in [-0.39, 0.29) is 49.6 Å². The van der Waals surface area contributed by atoms with E-state index in [0.717, 1.165) is 0 Å². The molecule has 10 heteroatoms. The molecule has 0 unspecified atom stereocenters. The highest BCUT2D eigenvalue weighted by molar-refractivity contribution is 5.86. The van der Waals surface area contributed by atoms with Gasteiger partial charge in [-0.15, -0.1) is 49.6 Å². The van der Waals surface area contributed by atoms with Crippen LogP contribution in [0.3, 0.4) is 0 Å². The average Bonchev–Trinajstić information content (AvgIpc) is 2.08. The molecule has 0 spiro atoms. The first-order valence-corrected chi connectivity index (χ1v) is 3.39. The monoisotopic (exact) mass is 323 g/mol. The van der Waals surface area contributed by atoms with Crippen molar-refractivity contribution in [3.8, 4) is 0 Å². The van der Waals surface area contributed by atoms with Crippen molar-refractivity contribution < 1.29 is 25.2 Å². The lowest BCUT2D eigenvalue weighted by Crippen LogP contribution is -2.56. The molecule has 0 aromatic heterocycles. The van der Waals surface area contributed by atoms with Gasteiger partial charge in [0, 0.05) is 0 Å². The Labute approximate surface area is 118 Å². The van der Waals surface area contributed by atoms with Crippen molar-refractivity contribution in [3.05, 3.63) is 0 Å². The molecule has 0 rings (SSSR count). The number of carboxylic acids is 1. The Morgan fingerprint density at radius 3 is 1.44 bits per heavy atom. The highest BCUT2D eigenvalue weighted by atomic mass is 35.5. The third-order valence-corrected chi connectivity index (χ3v) is 1.52. The summed E-state index contributed by atoms with van der Waals surface area (Å²) in [6, 6.07) is 0. The molecule has 0 aromatic rings. The lowest BCUT2D eigenvalue weighted by atomic mass is 10.0. The molecular weight excluding hydrogens is 308 g/mol. The van der Waals surface area contributed by atoms with Crippen LogP contribution >= 0.6 is 49.6 Å². The van der Waals surface area contributed by atoms with E-state index in [0.29, 0.717) is 0 Å². The zero-order chi connectivity index (χ0) is 9.61. The first-order valence-electron chi connectivity index (χ1n) is 3.39. The summed E-state index contributed by atoms with van der Waals surface area (Å²) in [5, 5.41) is 36.7. The van der Waals surface area contributed by atoms with Gasteiger partial charge in [0.15, 0.2) is 0 Å². The molecule has 0 bridgehead atoms. The minimum absolute atomic E-state index is 0. The molecule has 16 heavy (non-hydrogen) atoms. The van der Waals surface area contributed by atoms with Crippen LogP contribution in [0.15, 0.2) is 0 Å². The lowest BCUT2D eigenvalue weighted by molar-refractivity contribution is -0.136. The molecule has 0 atom stereocenters. The van der Waals surface area contributed by atoms with Gasteiger partial charge < -0.3 is 20.4 Å². The van der Waals surface area contributed by atoms with Crippen molar-refractivity contribution in [2.24, 2.45) is 0 Å². The van der Waals surface area contributed by atoms with Gasteiger partial charge in [0.1, 0.15) is 0 Å². The summed E-state index contributed by atoms with van der Waals surface area (Å²) in [5.41, 5.74) is -1.31. The van der Waals surface area contributed by atoms with E-state index < -0.39 is 37.9 Å². The van der Waals surface area contributed by atoms with Crippen LogP contribution in [0.2, 0.25) is 0 Å². The molecule has 6 nitrogen and oxygen atoms in total. The van der Waals surface area contributed by atoms with Gasteiger partial charge in [-0.05, 0) is 0 Å². The van der Waals surface area contributed by atoms with Crippen LogP contribution in [0.25, 0.3) is 0 Å². The lowest BCUT2D eigenvalue weighted by Gasteiger charge is -2.27. The number of aliphatic hydroxyl groups excluding tert-OH is 3. The van der Waals surface area contributed by atoms with Crippen LogP contribution in [0.5, 0.6) is 0 Å². The molecule has 0 aliphatic rings. The fourth-order valence-electron chi connectivity index (χ4n) is 0.581. The Morgan fingerprint density at radius 1 is 0.938 bits per heavy atom. The van der Waals surface area contributed by atoms with Crippen molar-refractivity contribution in [2.45, 2.75) is 5.54 Å². The number of halogens is 4. The molecule has 5 N–H and O–H groups in total. The van der Waals surface area contributed by atoms with E-state index in [2.05, 4.69) is 5.32 Å². The van der Waals surface area contributed by atoms with Gasteiger partial charge in [-0.3, -0.25) is 10.1 Å². The Morgan fingerprint density at radius 2 is 1.25 bits per heavy atom. The van der Waals surface area contributed by atoms with Gasteiger partial charge in [0.25, 0.3) is 0 Å². The summed E-state index contributed by atoms with van der Waals surface area (Å²) in [6.07, 6.45) is 0. The van der Waals surface area contributed by atoms with E-state index in [9.17, 15) is 4.79 Å². The maximum atomic E-state index is 10.1. The number of hydrogen-bond acceptors (Lipinski definition) is 5. The third-order valence-electron chi connectivity index (χ3n) is 1.52. The smallest absolute Gasteiger partial charge is 0.317 e. The maximum Gasteiger partial charge on any atom is 0.317 e. The summed E-state index contributed by atoms with van der Waals surface area (Å²) in [5.74, 6) is -1.12. The SMILES string of the molecule is Cl.Cl.Cl.Cl.O=C(O)CNC(CO)(CO)CO. The van der Waals surface area contributed by atoms with Gasteiger partial charge in [-0.2, -0.15) is 0 Å². The van der Waals surface area contributed by atoms with Crippen molar-refractivity contribution in [3.63, 3.8) is 0 Å². The summed E-state index contributed by atoms with van der Waals surface area (Å²) < 4.78 is 0. The average molecular weight is 325 g/mol. The minimum atomic E-state index is -1.31.